The van der Waals surface area contributed by atoms with Crippen LogP contribution < -0.4 is 0 Å². The molecule has 2 aromatic rings. The molecule has 4 rings (SSSR count). The van der Waals surface area contributed by atoms with Crippen molar-refractivity contribution in [3.8, 4) is 17.3 Å². The van der Waals surface area contributed by atoms with Crippen molar-refractivity contribution in [3.05, 3.63) is 53.2 Å². The van der Waals surface area contributed by atoms with Gasteiger partial charge in [-0.05, 0) is 25.2 Å². The van der Waals surface area contributed by atoms with Gasteiger partial charge in [0, 0.05) is 23.6 Å². The van der Waals surface area contributed by atoms with Gasteiger partial charge in [-0.15, -0.1) is 0 Å². The van der Waals surface area contributed by atoms with E-state index in [1.165, 1.54) is 16.8 Å². The average Bonchev–Trinajstić information content (AvgIpc) is 2.93. The predicted molar refractivity (Wildman–Crippen MR) is 92.1 cm³/mol. The van der Waals surface area contributed by atoms with E-state index in [1.54, 1.807) is 0 Å². The van der Waals surface area contributed by atoms with E-state index in [0.717, 1.165) is 18.5 Å². The van der Waals surface area contributed by atoms with Crippen LogP contribution >= 0.6 is 0 Å². The minimum Gasteiger partial charge on any atom is -0.388 e. The fourth-order valence-corrected chi connectivity index (χ4v) is 4.48. The molecule has 4 nitrogen and oxygen atoms in total. The number of benzene rings is 1. The van der Waals surface area contributed by atoms with Gasteiger partial charge in [-0.2, -0.15) is 10.4 Å². The lowest BCUT2D eigenvalue weighted by Crippen LogP contribution is -2.41. The molecule has 0 fully saturated rings. The zero-order valence-corrected chi connectivity index (χ0v) is 14.0. The third-order valence-electron chi connectivity index (χ3n) is 5.74. The molecule has 1 aromatic heterocycles. The Bertz CT molecular complexity index is 859. The Morgan fingerprint density at radius 2 is 2.08 bits per heavy atom. The Labute approximate surface area is 142 Å². The van der Waals surface area contributed by atoms with Crippen LogP contribution in [0.5, 0.6) is 0 Å². The van der Waals surface area contributed by atoms with Crippen LogP contribution in [0.15, 0.2) is 42.0 Å². The number of rotatable bonds is 1. The Balaban J connectivity index is 1.91. The molecule has 1 aromatic carbocycles. The number of aliphatic hydroxyl groups is 1. The van der Waals surface area contributed by atoms with E-state index in [1.807, 2.05) is 36.0 Å². The summed E-state index contributed by atoms with van der Waals surface area (Å²) >= 11 is 0. The van der Waals surface area contributed by atoms with Crippen LogP contribution in [0.25, 0.3) is 11.3 Å². The summed E-state index contributed by atoms with van der Waals surface area (Å²) in [5, 5.41) is 24.4. The van der Waals surface area contributed by atoms with Crippen molar-refractivity contribution in [1.29, 1.82) is 5.26 Å². The van der Waals surface area contributed by atoms with Crippen molar-refractivity contribution < 1.29 is 5.11 Å². The predicted octanol–water partition coefficient (Wildman–Crippen LogP) is 3.12. The molecule has 3 atom stereocenters. The standard InChI is InChI=1S/C20H21N3O/c1-20-11-14(12-21)17(24)10-15(20)8-9-16-18(23(2)22-19(16)20)13-6-4-3-5-7-13/h3-7,11,15,17,24H,8-10H2,1-2H3/t15-,17?,20-/m0/s1. The molecule has 0 saturated heterocycles. The first-order valence-electron chi connectivity index (χ1n) is 8.47. The van der Waals surface area contributed by atoms with Gasteiger partial charge in [0.05, 0.1) is 29.1 Å². The van der Waals surface area contributed by atoms with E-state index in [4.69, 9.17) is 5.10 Å². The molecule has 0 amide bonds. The van der Waals surface area contributed by atoms with Gasteiger partial charge in [-0.3, -0.25) is 4.68 Å². The Hall–Kier alpha value is -2.38. The number of nitrogens with zero attached hydrogens (tertiary/aromatic N) is 3. The molecule has 0 radical (unpaired) electrons. The first-order chi connectivity index (χ1) is 11.5. The summed E-state index contributed by atoms with van der Waals surface area (Å²) in [6.07, 6.45) is 3.96. The van der Waals surface area contributed by atoms with Gasteiger partial charge >= 0.3 is 0 Å². The lowest BCUT2D eigenvalue weighted by molar-refractivity contribution is 0.132. The lowest BCUT2D eigenvalue weighted by Gasteiger charge is -2.43. The summed E-state index contributed by atoms with van der Waals surface area (Å²) in [6, 6.07) is 12.5. The van der Waals surface area contributed by atoms with Crippen LogP contribution in [-0.4, -0.2) is 21.0 Å². The van der Waals surface area contributed by atoms with Crippen LogP contribution in [0.1, 0.15) is 31.0 Å². The molecular weight excluding hydrogens is 298 g/mol. The van der Waals surface area contributed by atoms with Crippen LogP contribution in [0.3, 0.4) is 0 Å². The molecule has 0 saturated carbocycles. The molecule has 4 heteroatoms. The number of aromatic nitrogens is 2. The average molecular weight is 319 g/mol. The summed E-state index contributed by atoms with van der Waals surface area (Å²) in [4.78, 5) is 0. The third-order valence-corrected chi connectivity index (χ3v) is 5.74. The van der Waals surface area contributed by atoms with Gasteiger partial charge in [0.2, 0.25) is 0 Å². The highest BCUT2D eigenvalue weighted by Gasteiger charge is 2.46. The maximum Gasteiger partial charge on any atom is 0.0971 e. The maximum atomic E-state index is 10.2. The van der Waals surface area contributed by atoms with E-state index < -0.39 is 6.10 Å². The van der Waals surface area contributed by atoms with Gasteiger partial charge < -0.3 is 5.11 Å². The van der Waals surface area contributed by atoms with Gasteiger partial charge in [-0.25, -0.2) is 0 Å². The van der Waals surface area contributed by atoms with Crippen molar-refractivity contribution in [3.63, 3.8) is 0 Å². The summed E-state index contributed by atoms with van der Waals surface area (Å²) < 4.78 is 1.97. The molecule has 2 aliphatic carbocycles. The number of hydrogen-bond acceptors (Lipinski definition) is 3. The minimum atomic E-state index is -0.632. The van der Waals surface area contributed by atoms with E-state index in [9.17, 15) is 10.4 Å². The van der Waals surface area contributed by atoms with Crippen molar-refractivity contribution >= 4 is 0 Å². The third kappa shape index (κ3) is 2.05. The summed E-state index contributed by atoms with van der Waals surface area (Å²) in [6.45, 7) is 2.17. The molecule has 0 bridgehead atoms. The molecular formula is C20H21N3O. The second-order valence-electron chi connectivity index (χ2n) is 7.15. The molecule has 2 aliphatic rings. The first kappa shape index (κ1) is 15.2. The minimum absolute atomic E-state index is 0.275. The van der Waals surface area contributed by atoms with E-state index in [-0.39, 0.29) is 5.41 Å². The quantitative estimate of drug-likeness (QED) is 0.878. The van der Waals surface area contributed by atoms with Gasteiger partial charge in [0.25, 0.3) is 0 Å². The SMILES string of the molecule is Cn1nc2c(c1-c1ccccc1)CC[C@H]1CC(O)C(C#N)=C[C@]21C. The van der Waals surface area contributed by atoms with Crippen molar-refractivity contribution in [2.24, 2.45) is 13.0 Å². The number of allylic oxidation sites excluding steroid dienone is 1. The number of hydrogen-bond donors (Lipinski definition) is 1. The summed E-state index contributed by atoms with van der Waals surface area (Å²) in [5.74, 6) is 0.329. The molecule has 1 N–H and O–H groups in total. The van der Waals surface area contributed by atoms with E-state index >= 15 is 0 Å². The van der Waals surface area contributed by atoms with Crippen molar-refractivity contribution in [2.75, 3.05) is 0 Å². The van der Waals surface area contributed by atoms with Crippen molar-refractivity contribution in [2.45, 2.75) is 37.7 Å². The zero-order valence-electron chi connectivity index (χ0n) is 14.0. The molecule has 24 heavy (non-hydrogen) atoms. The number of aliphatic hydroxyl groups excluding tert-OH is 1. The second-order valence-corrected chi connectivity index (χ2v) is 7.15. The highest BCUT2D eigenvalue weighted by Crippen LogP contribution is 2.49. The Morgan fingerprint density at radius 1 is 1.33 bits per heavy atom. The molecule has 0 aliphatic heterocycles. The maximum absolute atomic E-state index is 10.2. The Morgan fingerprint density at radius 3 is 2.79 bits per heavy atom. The fraction of sp³-hybridized carbons (Fsp3) is 0.400. The molecule has 1 heterocycles. The van der Waals surface area contributed by atoms with Gasteiger partial charge in [0.15, 0.2) is 0 Å². The highest BCUT2D eigenvalue weighted by molar-refractivity contribution is 5.66. The number of nitriles is 1. The number of aryl methyl sites for hydroxylation is 1. The lowest BCUT2D eigenvalue weighted by atomic mass is 9.61. The molecule has 122 valence electrons. The Kier molecular flexibility index (Phi) is 3.36. The smallest absolute Gasteiger partial charge is 0.0971 e. The molecule has 0 spiro atoms. The van der Waals surface area contributed by atoms with E-state index in [0.29, 0.717) is 17.9 Å². The molecule has 1 unspecified atom stereocenters. The highest BCUT2D eigenvalue weighted by atomic mass is 16.3. The summed E-state index contributed by atoms with van der Waals surface area (Å²) in [5.41, 5.74) is 4.91. The largest absolute Gasteiger partial charge is 0.388 e. The zero-order chi connectivity index (χ0) is 16.9. The fourth-order valence-electron chi connectivity index (χ4n) is 4.48. The first-order valence-corrected chi connectivity index (χ1v) is 8.47. The number of fused-ring (bicyclic) bond motifs is 3. The van der Waals surface area contributed by atoms with Crippen LogP contribution in [0.4, 0.5) is 0 Å². The normalized spacial score (nSPS) is 28.5. The van der Waals surface area contributed by atoms with E-state index in [2.05, 4.69) is 25.1 Å². The van der Waals surface area contributed by atoms with Crippen LogP contribution in [0.2, 0.25) is 0 Å². The van der Waals surface area contributed by atoms with Crippen LogP contribution in [-0.2, 0) is 18.9 Å². The topological polar surface area (TPSA) is 61.8 Å². The van der Waals surface area contributed by atoms with Gasteiger partial charge in [0.1, 0.15) is 0 Å². The second kappa shape index (κ2) is 5.32. The van der Waals surface area contributed by atoms with Crippen molar-refractivity contribution in [1.82, 2.24) is 9.78 Å². The monoisotopic (exact) mass is 319 g/mol. The van der Waals surface area contributed by atoms with Gasteiger partial charge in [-0.1, -0.05) is 43.3 Å². The summed E-state index contributed by atoms with van der Waals surface area (Å²) in [7, 11) is 1.99. The van der Waals surface area contributed by atoms with Crippen LogP contribution in [0, 0.1) is 17.2 Å².